The maximum Gasteiger partial charge on any atom is 0.573 e. The molecule has 0 aliphatic heterocycles. The Balaban J connectivity index is 1.79. The maximum atomic E-state index is 12.6. The van der Waals surface area contributed by atoms with Gasteiger partial charge in [-0.05, 0) is 36.4 Å². The summed E-state index contributed by atoms with van der Waals surface area (Å²) in [7, 11) is 0. The van der Waals surface area contributed by atoms with Crippen LogP contribution in [-0.2, 0) is 0 Å². The first-order chi connectivity index (χ1) is 15.3. The average Bonchev–Trinajstić information content (AvgIpc) is 2.72. The topological polar surface area (TPSA) is 69.2 Å². The van der Waals surface area contributed by atoms with Crippen molar-refractivity contribution in [1.29, 1.82) is 0 Å². The number of ether oxygens (including phenoxy) is 2. The Morgan fingerprint density at radius 3 is 2.47 bits per heavy atom. The maximum absolute atomic E-state index is 12.6. The SMILES string of the molecule is FC(F)Oc1cccc(Nc2nc(-c3cccnc3)nc3cc(OC(F)(F)F)ccc23)c1. The van der Waals surface area contributed by atoms with E-state index in [0.717, 1.165) is 12.1 Å². The number of pyridine rings is 1. The van der Waals surface area contributed by atoms with E-state index < -0.39 is 18.7 Å². The lowest BCUT2D eigenvalue weighted by Gasteiger charge is -2.14. The molecule has 0 fully saturated rings. The van der Waals surface area contributed by atoms with Crippen LogP contribution in [0.2, 0.25) is 0 Å². The van der Waals surface area contributed by atoms with Crippen LogP contribution in [0.4, 0.5) is 33.5 Å². The van der Waals surface area contributed by atoms with Crippen molar-refractivity contribution >= 4 is 22.4 Å². The molecule has 0 aliphatic rings. The molecule has 0 radical (unpaired) electrons. The molecule has 4 aromatic rings. The van der Waals surface area contributed by atoms with Crippen molar-refractivity contribution in [2.75, 3.05) is 5.32 Å². The number of rotatable bonds is 6. The van der Waals surface area contributed by atoms with Gasteiger partial charge in [0.15, 0.2) is 5.82 Å². The first-order valence-electron chi connectivity index (χ1n) is 9.07. The average molecular weight is 448 g/mol. The van der Waals surface area contributed by atoms with Crippen molar-refractivity contribution in [2.24, 2.45) is 0 Å². The van der Waals surface area contributed by atoms with E-state index in [1.54, 1.807) is 24.4 Å². The number of hydrogen-bond donors (Lipinski definition) is 1. The van der Waals surface area contributed by atoms with Gasteiger partial charge in [0, 0.05) is 41.2 Å². The van der Waals surface area contributed by atoms with E-state index in [0.29, 0.717) is 16.6 Å². The van der Waals surface area contributed by atoms with Crippen molar-refractivity contribution in [3.63, 3.8) is 0 Å². The summed E-state index contributed by atoms with van der Waals surface area (Å²) < 4.78 is 71.3. The predicted molar refractivity (Wildman–Crippen MR) is 106 cm³/mol. The van der Waals surface area contributed by atoms with Gasteiger partial charge in [0.25, 0.3) is 0 Å². The summed E-state index contributed by atoms with van der Waals surface area (Å²) in [5.41, 5.74) is 1.06. The van der Waals surface area contributed by atoms with E-state index >= 15 is 0 Å². The number of fused-ring (bicyclic) bond motifs is 1. The summed E-state index contributed by atoms with van der Waals surface area (Å²) in [6.07, 6.45) is -1.81. The number of aromatic nitrogens is 3. The van der Waals surface area contributed by atoms with Gasteiger partial charge in [-0.3, -0.25) is 4.98 Å². The molecule has 0 amide bonds. The number of anilines is 2. The quantitative estimate of drug-likeness (QED) is 0.369. The Kier molecular flexibility index (Phi) is 5.71. The monoisotopic (exact) mass is 448 g/mol. The molecule has 0 atom stereocenters. The van der Waals surface area contributed by atoms with Crippen LogP contribution in [0.15, 0.2) is 67.0 Å². The lowest BCUT2D eigenvalue weighted by molar-refractivity contribution is -0.274. The summed E-state index contributed by atoms with van der Waals surface area (Å²) in [5, 5.41) is 3.36. The normalized spacial score (nSPS) is 11.6. The third-order valence-electron chi connectivity index (χ3n) is 4.14. The van der Waals surface area contributed by atoms with E-state index in [-0.39, 0.29) is 22.9 Å². The molecule has 11 heteroatoms. The minimum Gasteiger partial charge on any atom is -0.435 e. The van der Waals surface area contributed by atoms with Crippen molar-refractivity contribution in [3.05, 3.63) is 67.0 Å². The number of hydrogen-bond acceptors (Lipinski definition) is 6. The molecule has 4 rings (SSSR count). The van der Waals surface area contributed by atoms with Gasteiger partial charge < -0.3 is 14.8 Å². The summed E-state index contributed by atoms with van der Waals surface area (Å²) in [4.78, 5) is 12.8. The lowest BCUT2D eigenvalue weighted by Crippen LogP contribution is -2.17. The number of nitrogens with one attached hydrogen (secondary N) is 1. The van der Waals surface area contributed by atoms with Gasteiger partial charge in [0.1, 0.15) is 17.3 Å². The van der Waals surface area contributed by atoms with E-state index in [4.69, 9.17) is 0 Å². The van der Waals surface area contributed by atoms with Gasteiger partial charge in [0.2, 0.25) is 0 Å². The van der Waals surface area contributed by atoms with Crippen LogP contribution in [-0.4, -0.2) is 27.9 Å². The van der Waals surface area contributed by atoms with Crippen LogP contribution in [0.25, 0.3) is 22.3 Å². The summed E-state index contributed by atoms with van der Waals surface area (Å²) >= 11 is 0. The zero-order valence-electron chi connectivity index (χ0n) is 16.0. The number of alkyl halides is 5. The zero-order chi connectivity index (χ0) is 22.7. The van der Waals surface area contributed by atoms with Crippen LogP contribution in [0.1, 0.15) is 0 Å². The van der Waals surface area contributed by atoms with Crippen LogP contribution in [0.5, 0.6) is 11.5 Å². The van der Waals surface area contributed by atoms with Gasteiger partial charge in [-0.15, -0.1) is 13.2 Å². The Morgan fingerprint density at radius 1 is 0.906 bits per heavy atom. The van der Waals surface area contributed by atoms with Crippen LogP contribution >= 0.6 is 0 Å². The molecule has 2 aromatic heterocycles. The number of benzene rings is 2. The van der Waals surface area contributed by atoms with Crippen molar-refractivity contribution in [2.45, 2.75) is 13.0 Å². The Hall–Kier alpha value is -4.02. The Labute approximate surface area is 177 Å². The molecular weight excluding hydrogens is 435 g/mol. The molecule has 0 saturated carbocycles. The first-order valence-corrected chi connectivity index (χ1v) is 9.07. The fourth-order valence-electron chi connectivity index (χ4n) is 2.91. The molecule has 2 aromatic carbocycles. The molecule has 0 saturated heterocycles. The molecule has 0 unspecified atom stereocenters. The Morgan fingerprint density at radius 2 is 1.75 bits per heavy atom. The van der Waals surface area contributed by atoms with Crippen LogP contribution in [0, 0.1) is 0 Å². The Bertz CT molecular complexity index is 1240. The predicted octanol–water partition coefficient (Wildman–Crippen LogP) is 5.94. The standard InChI is InChI=1S/C21H13F5N4O2/c22-20(23)31-14-5-1-4-13(9-14)28-19-16-7-6-15(32-21(24,25)26)10-17(16)29-18(30-19)12-3-2-8-27-11-12/h1-11,20H,(H,28,29,30). The summed E-state index contributed by atoms with van der Waals surface area (Å²) in [6, 6.07) is 12.8. The molecule has 164 valence electrons. The second kappa shape index (κ2) is 8.61. The van der Waals surface area contributed by atoms with Crippen molar-refractivity contribution in [1.82, 2.24) is 15.0 Å². The highest BCUT2D eigenvalue weighted by molar-refractivity contribution is 5.93. The van der Waals surface area contributed by atoms with Crippen molar-refractivity contribution in [3.8, 4) is 22.9 Å². The number of nitrogens with zero attached hydrogens (tertiary/aromatic N) is 3. The second-order valence-corrected chi connectivity index (χ2v) is 6.40. The van der Waals surface area contributed by atoms with Gasteiger partial charge in [-0.25, -0.2) is 9.97 Å². The van der Waals surface area contributed by atoms with Gasteiger partial charge in [-0.2, -0.15) is 8.78 Å². The summed E-state index contributed by atoms with van der Waals surface area (Å²) in [6.45, 7) is -2.99. The highest BCUT2D eigenvalue weighted by atomic mass is 19.4. The molecular formula is C21H13F5N4O2. The van der Waals surface area contributed by atoms with Gasteiger partial charge >= 0.3 is 13.0 Å². The molecule has 1 N–H and O–H groups in total. The van der Waals surface area contributed by atoms with E-state index in [9.17, 15) is 22.0 Å². The fraction of sp³-hybridized carbons (Fsp3) is 0.0952. The number of halogens is 5. The van der Waals surface area contributed by atoms with E-state index in [1.807, 2.05) is 0 Å². The molecule has 2 heterocycles. The molecule has 0 bridgehead atoms. The minimum absolute atomic E-state index is 0.0725. The third-order valence-corrected chi connectivity index (χ3v) is 4.14. The highest BCUT2D eigenvalue weighted by Crippen LogP contribution is 2.32. The third kappa shape index (κ3) is 5.17. The van der Waals surface area contributed by atoms with Crippen LogP contribution in [0.3, 0.4) is 0 Å². The fourth-order valence-corrected chi connectivity index (χ4v) is 2.91. The first kappa shape index (κ1) is 21.2. The molecule has 6 nitrogen and oxygen atoms in total. The van der Waals surface area contributed by atoms with Crippen molar-refractivity contribution < 1.29 is 31.4 Å². The van der Waals surface area contributed by atoms with E-state index in [1.165, 1.54) is 30.5 Å². The molecule has 32 heavy (non-hydrogen) atoms. The second-order valence-electron chi connectivity index (χ2n) is 6.40. The lowest BCUT2D eigenvalue weighted by atomic mass is 10.2. The smallest absolute Gasteiger partial charge is 0.435 e. The van der Waals surface area contributed by atoms with Gasteiger partial charge in [0.05, 0.1) is 5.52 Å². The van der Waals surface area contributed by atoms with Crippen LogP contribution < -0.4 is 14.8 Å². The minimum atomic E-state index is -4.86. The van der Waals surface area contributed by atoms with Gasteiger partial charge in [-0.1, -0.05) is 6.07 Å². The highest BCUT2D eigenvalue weighted by Gasteiger charge is 2.31. The molecule has 0 spiro atoms. The van der Waals surface area contributed by atoms with E-state index in [2.05, 4.69) is 29.7 Å². The molecule has 0 aliphatic carbocycles. The zero-order valence-corrected chi connectivity index (χ0v) is 16.0. The largest absolute Gasteiger partial charge is 0.573 e. The summed E-state index contributed by atoms with van der Waals surface area (Å²) in [5.74, 6) is -0.0883.